The average Bonchev–Trinajstić information content (AvgIpc) is 2.57. The second-order valence-corrected chi connectivity index (χ2v) is 5.35. The third-order valence-electron chi connectivity index (χ3n) is 3.42. The van der Waals surface area contributed by atoms with Gasteiger partial charge in [0, 0.05) is 19.3 Å². The van der Waals surface area contributed by atoms with Crippen molar-refractivity contribution < 1.29 is 18.7 Å². The number of anilines is 1. The van der Waals surface area contributed by atoms with E-state index in [0.29, 0.717) is 12.2 Å². The number of nitrogens with one attached hydrogen (secondary N) is 2. The highest BCUT2D eigenvalue weighted by molar-refractivity contribution is 6.39. The van der Waals surface area contributed by atoms with E-state index in [1.54, 1.807) is 14.0 Å². The smallest absolute Gasteiger partial charge is 0.313 e. The fraction of sp³-hybridized carbons (Fsp3) is 0.222. The molecule has 0 spiro atoms. The fourth-order valence-electron chi connectivity index (χ4n) is 2.04. The van der Waals surface area contributed by atoms with Gasteiger partial charge in [0.1, 0.15) is 5.82 Å². The van der Waals surface area contributed by atoms with Crippen LogP contribution in [0.1, 0.15) is 16.7 Å². The van der Waals surface area contributed by atoms with E-state index in [1.807, 2.05) is 24.3 Å². The quantitative estimate of drug-likeness (QED) is 0.828. The maximum Gasteiger partial charge on any atom is 0.313 e. The van der Waals surface area contributed by atoms with Gasteiger partial charge >= 0.3 is 11.8 Å². The lowest BCUT2D eigenvalue weighted by Gasteiger charge is -2.08. The molecule has 5 nitrogen and oxygen atoms in total. The number of hydrogen-bond acceptors (Lipinski definition) is 3. The van der Waals surface area contributed by atoms with Crippen molar-refractivity contribution in [2.24, 2.45) is 0 Å². The Morgan fingerprint density at radius 3 is 2.33 bits per heavy atom. The molecule has 0 saturated carbocycles. The van der Waals surface area contributed by atoms with Gasteiger partial charge in [-0.3, -0.25) is 9.59 Å². The van der Waals surface area contributed by atoms with Crippen LogP contribution >= 0.6 is 0 Å². The van der Waals surface area contributed by atoms with Crippen LogP contribution in [-0.2, 0) is 27.5 Å². The molecule has 126 valence electrons. The Kier molecular flexibility index (Phi) is 6.03. The Balaban J connectivity index is 1.87. The summed E-state index contributed by atoms with van der Waals surface area (Å²) in [4.78, 5) is 23.6. The second-order valence-electron chi connectivity index (χ2n) is 5.35. The fourth-order valence-corrected chi connectivity index (χ4v) is 2.04. The number of carbonyl (C=O) groups is 2. The first kappa shape index (κ1) is 17.6. The van der Waals surface area contributed by atoms with E-state index < -0.39 is 17.6 Å². The number of hydrogen-bond donors (Lipinski definition) is 2. The van der Waals surface area contributed by atoms with E-state index in [9.17, 15) is 14.0 Å². The lowest BCUT2D eigenvalue weighted by molar-refractivity contribution is -0.136. The lowest BCUT2D eigenvalue weighted by Crippen LogP contribution is -2.35. The van der Waals surface area contributed by atoms with Crippen LogP contribution < -0.4 is 10.6 Å². The van der Waals surface area contributed by atoms with Gasteiger partial charge in [-0.1, -0.05) is 30.3 Å². The van der Waals surface area contributed by atoms with Gasteiger partial charge in [-0.05, 0) is 35.7 Å². The summed E-state index contributed by atoms with van der Waals surface area (Å²) in [6.07, 6.45) is 0. The first-order valence-corrected chi connectivity index (χ1v) is 7.41. The Labute approximate surface area is 139 Å². The molecule has 2 aromatic carbocycles. The Morgan fingerprint density at radius 2 is 1.71 bits per heavy atom. The molecule has 2 N–H and O–H groups in total. The SMILES string of the molecule is COCc1ccc(CNC(=O)C(=O)Nc2ccc(C)c(F)c2)cc1. The van der Waals surface area contributed by atoms with Crippen LogP contribution in [0.25, 0.3) is 0 Å². The van der Waals surface area contributed by atoms with Crippen molar-refractivity contribution in [3.63, 3.8) is 0 Å². The highest BCUT2D eigenvalue weighted by atomic mass is 19.1. The minimum absolute atomic E-state index is 0.224. The summed E-state index contributed by atoms with van der Waals surface area (Å²) in [6.45, 7) is 2.36. The minimum Gasteiger partial charge on any atom is -0.380 e. The molecule has 6 heteroatoms. The van der Waals surface area contributed by atoms with Crippen molar-refractivity contribution in [1.82, 2.24) is 5.32 Å². The molecular weight excluding hydrogens is 311 g/mol. The van der Waals surface area contributed by atoms with E-state index in [0.717, 1.165) is 11.1 Å². The molecule has 2 rings (SSSR count). The molecular formula is C18H19FN2O3. The van der Waals surface area contributed by atoms with E-state index >= 15 is 0 Å². The summed E-state index contributed by atoms with van der Waals surface area (Å²) in [5.41, 5.74) is 2.58. The highest BCUT2D eigenvalue weighted by Crippen LogP contribution is 2.13. The average molecular weight is 330 g/mol. The number of aryl methyl sites for hydroxylation is 1. The molecule has 0 bridgehead atoms. The number of carbonyl (C=O) groups excluding carboxylic acids is 2. The first-order valence-electron chi connectivity index (χ1n) is 7.41. The Morgan fingerprint density at radius 1 is 1.04 bits per heavy atom. The van der Waals surface area contributed by atoms with Gasteiger partial charge < -0.3 is 15.4 Å². The van der Waals surface area contributed by atoms with Crippen LogP contribution in [-0.4, -0.2) is 18.9 Å². The van der Waals surface area contributed by atoms with Gasteiger partial charge in [0.05, 0.1) is 6.61 Å². The van der Waals surface area contributed by atoms with Crippen LogP contribution in [0.15, 0.2) is 42.5 Å². The minimum atomic E-state index is -0.839. The predicted molar refractivity (Wildman–Crippen MR) is 88.8 cm³/mol. The standard InChI is InChI=1S/C18H19FN2O3/c1-12-3-8-15(9-16(12)19)21-18(23)17(22)20-10-13-4-6-14(7-5-13)11-24-2/h3-9H,10-11H2,1-2H3,(H,20,22)(H,21,23). The van der Waals surface area contributed by atoms with E-state index in [4.69, 9.17) is 4.74 Å². The number of rotatable bonds is 5. The van der Waals surface area contributed by atoms with Crippen molar-refractivity contribution in [2.75, 3.05) is 12.4 Å². The zero-order chi connectivity index (χ0) is 17.5. The monoisotopic (exact) mass is 330 g/mol. The van der Waals surface area contributed by atoms with E-state index in [2.05, 4.69) is 10.6 Å². The third kappa shape index (κ3) is 4.89. The molecule has 0 fully saturated rings. The number of halogens is 1. The van der Waals surface area contributed by atoms with Gasteiger partial charge in [0.25, 0.3) is 0 Å². The summed E-state index contributed by atoms with van der Waals surface area (Å²) in [6, 6.07) is 11.7. The molecule has 2 amide bonds. The molecule has 0 unspecified atom stereocenters. The number of amides is 2. The molecule has 2 aromatic rings. The van der Waals surface area contributed by atoms with Crippen molar-refractivity contribution >= 4 is 17.5 Å². The van der Waals surface area contributed by atoms with Crippen molar-refractivity contribution in [1.29, 1.82) is 0 Å². The molecule has 24 heavy (non-hydrogen) atoms. The topological polar surface area (TPSA) is 67.4 Å². The van der Waals surface area contributed by atoms with Gasteiger partial charge in [0.2, 0.25) is 0 Å². The van der Waals surface area contributed by atoms with Gasteiger partial charge in [0.15, 0.2) is 0 Å². The van der Waals surface area contributed by atoms with E-state index in [1.165, 1.54) is 18.2 Å². The Hall–Kier alpha value is -2.73. The number of benzene rings is 2. The number of methoxy groups -OCH3 is 1. The molecule has 0 radical (unpaired) electrons. The molecule has 0 atom stereocenters. The molecule has 0 aromatic heterocycles. The predicted octanol–water partition coefficient (Wildman–Crippen LogP) is 2.54. The van der Waals surface area contributed by atoms with Gasteiger partial charge in [-0.2, -0.15) is 0 Å². The first-order chi connectivity index (χ1) is 11.5. The summed E-state index contributed by atoms with van der Waals surface area (Å²) in [5.74, 6) is -2.06. The summed E-state index contributed by atoms with van der Waals surface area (Å²) >= 11 is 0. The molecule has 0 heterocycles. The van der Waals surface area contributed by atoms with Gasteiger partial charge in [-0.25, -0.2) is 4.39 Å². The summed E-state index contributed by atoms with van der Waals surface area (Å²) in [5, 5.41) is 4.88. The van der Waals surface area contributed by atoms with Crippen molar-refractivity contribution in [3.05, 3.63) is 65.0 Å². The molecule has 0 aliphatic rings. The third-order valence-corrected chi connectivity index (χ3v) is 3.42. The zero-order valence-electron chi connectivity index (χ0n) is 13.6. The van der Waals surface area contributed by atoms with Crippen LogP contribution in [0.2, 0.25) is 0 Å². The lowest BCUT2D eigenvalue weighted by atomic mass is 10.1. The largest absolute Gasteiger partial charge is 0.380 e. The van der Waals surface area contributed by atoms with Gasteiger partial charge in [-0.15, -0.1) is 0 Å². The van der Waals surface area contributed by atoms with Crippen molar-refractivity contribution in [3.8, 4) is 0 Å². The summed E-state index contributed by atoms with van der Waals surface area (Å²) < 4.78 is 18.4. The van der Waals surface area contributed by atoms with Crippen LogP contribution in [0.4, 0.5) is 10.1 Å². The molecule has 0 saturated heterocycles. The zero-order valence-corrected chi connectivity index (χ0v) is 13.6. The van der Waals surface area contributed by atoms with E-state index in [-0.39, 0.29) is 12.2 Å². The van der Waals surface area contributed by atoms with Crippen LogP contribution in [0.5, 0.6) is 0 Å². The summed E-state index contributed by atoms with van der Waals surface area (Å²) in [7, 11) is 1.62. The van der Waals surface area contributed by atoms with Crippen LogP contribution in [0.3, 0.4) is 0 Å². The molecule has 0 aliphatic carbocycles. The second kappa shape index (κ2) is 8.21. The van der Waals surface area contributed by atoms with Crippen molar-refractivity contribution in [2.45, 2.75) is 20.1 Å². The normalized spacial score (nSPS) is 10.3. The number of ether oxygens (including phenoxy) is 1. The maximum atomic E-state index is 13.4. The highest BCUT2D eigenvalue weighted by Gasteiger charge is 2.14. The maximum absolute atomic E-state index is 13.4. The molecule has 0 aliphatic heterocycles. The Bertz CT molecular complexity index is 730. The van der Waals surface area contributed by atoms with Crippen LogP contribution in [0, 0.1) is 12.7 Å².